The highest BCUT2D eigenvalue weighted by Crippen LogP contribution is 2.33. The molecule has 0 fully saturated rings. The molecule has 4 aromatic rings. The summed E-state index contributed by atoms with van der Waals surface area (Å²) in [6.45, 7) is 4.74. The lowest BCUT2D eigenvalue weighted by Gasteiger charge is -2.12. The van der Waals surface area contributed by atoms with Crippen LogP contribution in [-0.4, -0.2) is 50.4 Å². The zero-order valence-electron chi connectivity index (χ0n) is 20.4. The van der Waals surface area contributed by atoms with Crippen molar-refractivity contribution in [2.24, 2.45) is 7.05 Å². The first kappa shape index (κ1) is 24.3. The summed E-state index contributed by atoms with van der Waals surface area (Å²) >= 11 is 1.33. The minimum Gasteiger partial charge on any atom is -0.497 e. The standard InChI is InChI=1S/C25H28N6O3S/c1-6-31-24(19-14-30(3)29-23(19)17-9-7-16(2)8-10-17)27-28-25(31)35-15-22(32)26-20-13-18(33-4)11-12-21(20)34-5/h7-14H,6,15H2,1-5H3,(H,26,32). The summed E-state index contributed by atoms with van der Waals surface area (Å²) in [6.07, 6.45) is 1.95. The first-order valence-corrected chi connectivity index (χ1v) is 12.1. The second kappa shape index (κ2) is 10.6. The molecule has 0 saturated carbocycles. The summed E-state index contributed by atoms with van der Waals surface area (Å²) in [4.78, 5) is 12.7. The van der Waals surface area contributed by atoms with Crippen LogP contribution in [-0.2, 0) is 18.4 Å². The molecular formula is C25H28N6O3S. The van der Waals surface area contributed by atoms with E-state index in [-0.39, 0.29) is 11.7 Å². The van der Waals surface area contributed by atoms with Gasteiger partial charge in [-0.05, 0) is 26.0 Å². The predicted molar refractivity (Wildman–Crippen MR) is 137 cm³/mol. The molecule has 4 rings (SSSR count). The number of carbonyl (C=O) groups is 1. The van der Waals surface area contributed by atoms with Gasteiger partial charge >= 0.3 is 0 Å². The summed E-state index contributed by atoms with van der Waals surface area (Å²) in [6, 6.07) is 13.5. The maximum Gasteiger partial charge on any atom is 0.234 e. The van der Waals surface area contributed by atoms with Crippen LogP contribution in [0.3, 0.4) is 0 Å². The van der Waals surface area contributed by atoms with Gasteiger partial charge in [0.1, 0.15) is 17.2 Å². The fourth-order valence-electron chi connectivity index (χ4n) is 3.68. The van der Waals surface area contributed by atoms with E-state index in [2.05, 4.69) is 51.8 Å². The molecule has 0 saturated heterocycles. The minimum atomic E-state index is -0.185. The average molecular weight is 493 g/mol. The van der Waals surface area contributed by atoms with E-state index >= 15 is 0 Å². The summed E-state index contributed by atoms with van der Waals surface area (Å²) in [7, 11) is 5.02. The highest BCUT2D eigenvalue weighted by atomic mass is 32.2. The Morgan fingerprint density at radius 2 is 1.86 bits per heavy atom. The van der Waals surface area contributed by atoms with Gasteiger partial charge in [0, 0.05) is 31.4 Å². The van der Waals surface area contributed by atoms with Gasteiger partial charge in [0.2, 0.25) is 5.91 Å². The Hall–Kier alpha value is -3.79. The van der Waals surface area contributed by atoms with Crippen molar-refractivity contribution < 1.29 is 14.3 Å². The molecule has 2 aromatic carbocycles. The molecule has 0 atom stereocenters. The average Bonchev–Trinajstić information content (AvgIpc) is 3.45. The number of benzene rings is 2. The summed E-state index contributed by atoms with van der Waals surface area (Å²) in [5.74, 6) is 1.88. The molecule has 182 valence electrons. The molecule has 1 amide bonds. The Morgan fingerprint density at radius 1 is 1.09 bits per heavy atom. The van der Waals surface area contributed by atoms with E-state index in [0.717, 1.165) is 16.8 Å². The fourth-order valence-corrected chi connectivity index (χ4v) is 4.49. The van der Waals surface area contributed by atoms with Crippen molar-refractivity contribution >= 4 is 23.4 Å². The molecule has 10 heteroatoms. The molecule has 0 unspecified atom stereocenters. The molecule has 0 radical (unpaired) electrons. The molecule has 0 aliphatic rings. The number of thioether (sulfide) groups is 1. The number of nitrogens with one attached hydrogen (secondary N) is 1. The number of nitrogens with zero attached hydrogens (tertiary/aromatic N) is 5. The van der Waals surface area contributed by atoms with Crippen LogP contribution in [0.25, 0.3) is 22.6 Å². The van der Waals surface area contributed by atoms with Crippen molar-refractivity contribution in [3.05, 3.63) is 54.2 Å². The summed E-state index contributed by atoms with van der Waals surface area (Å²) < 4.78 is 14.4. The molecule has 0 spiro atoms. The van der Waals surface area contributed by atoms with Crippen LogP contribution >= 0.6 is 11.8 Å². The first-order chi connectivity index (χ1) is 16.9. The molecule has 0 aliphatic carbocycles. The molecule has 0 aliphatic heterocycles. The highest BCUT2D eigenvalue weighted by Gasteiger charge is 2.21. The summed E-state index contributed by atoms with van der Waals surface area (Å²) in [5, 5.41) is 17.0. The molecule has 9 nitrogen and oxygen atoms in total. The third-order valence-corrected chi connectivity index (χ3v) is 6.41. The van der Waals surface area contributed by atoms with Gasteiger partial charge in [-0.1, -0.05) is 41.6 Å². The Kier molecular flexibility index (Phi) is 7.40. The van der Waals surface area contributed by atoms with E-state index < -0.39 is 0 Å². The number of anilines is 1. The third-order valence-electron chi connectivity index (χ3n) is 5.44. The van der Waals surface area contributed by atoms with E-state index in [4.69, 9.17) is 9.47 Å². The van der Waals surface area contributed by atoms with E-state index in [1.165, 1.54) is 17.3 Å². The SMILES string of the molecule is CCn1c(SCC(=O)Nc2cc(OC)ccc2OC)nnc1-c1cn(C)nc1-c1ccc(C)cc1. The van der Waals surface area contributed by atoms with E-state index in [1.54, 1.807) is 37.1 Å². The molecule has 0 bridgehead atoms. The highest BCUT2D eigenvalue weighted by molar-refractivity contribution is 7.99. The van der Waals surface area contributed by atoms with Crippen molar-refractivity contribution in [1.29, 1.82) is 0 Å². The number of ether oxygens (including phenoxy) is 2. The lowest BCUT2D eigenvalue weighted by Crippen LogP contribution is -2.15. The Bertz CT molecular complexity index is 1330. The number of hydrogen-bond acceptors (Lipinski definition) is 7. The number of hydrogen-bond donors (Lipinski definition) is 1. The second-order valence-electron chi connectivity index (χ2n) is 7.88. The second-order valence-corrected chi connectivity index (χ2v) is 8.83. The largest absolute Gasteiger partial charge is 0.497 e. The predicted octanol–water partition coefficient (Wildman–Crippen LogP) is 4.42. The van der Waals surface area contributed by atoms with Crippen molar-refractivity contribution in [3.8, 4) is 34.1 Å². The number of aryl methyl sites for hydroxylation is 2. The van der Waals surface area contributed by atoms with Crippen LogP contribution in [0.5, 0.6) is 11.5 Å². The molecule has 2 aromatic heterocycles. The van der Waals surface area contributed by atoms with Gasteiger partial charge in [0.05, 0.1) is 31.2 Å². The molecule has 2 heterocycles. The van der Waals surface area contributed by atoms with Crippen LogP contribution in [0.4, 0.5) is 5.69 Å². The maximum absolute atomic E-state index is 12.7. The molecular weight excluding hydrogens is 464 g/mol. The zero-order valence-corrected chi connectivity index (χ0v) is 21.2. The summed E-state index contributed by atoms with van der Waals surface area (Å²) in [5.41, 5.74) is 4.48. The number of amides is 1. The lowest BCUT2D eigenvalue weighted by atomic mass is 10.1. The van der Waals surface area contributed by atoms with Crippen LogP contribution in [0.15, 0.2) is 53.8 Å². The van der Waals surface area contributed by atoms with E-state index in [0.29, 0.717) is 34.7 Å². The first-order valence-electron chi connectivity index (χ1n) is 11.1. The van der Waals surface area contributed by atoms with Crippen molar-refractivity contribution in [2.75, 3.05) is 25.3 Å². The topological polar surface area (TPSA) is 96.1 Å². The third kappa shape index (κ3) is 5.32. The van der Waals surface area contributed by atoms with Crippen molar-refractivity contribution in [3.63, 3.8) is 0 Å². The van der Waals surface area contributed by atoms with E-state index in [1.807, 2.05) is 24.7 Å². The van der Waals surface area contributed by atoms with Crippen LogP contribution < -0.4 is 14.8 Å². The van der Waals surface area contributed by atoms with Gasteiger partial charge in [-0.2, -0.15) is 5.10 Å². The van der Waals surface area contributed by atoms with Crippen molar-refractivity contribution in [1.82, 2.24) is 24.5 Å². The Balaban J connectivity index is 1.54. The lowest BCUT2D eigenvalue weighted by molar-refractivity contribution is -0.113. The van der Waals surface area contributed by atoms with Crippen LogP contribution in [0.1, 0.15) is 12.5 Å². The van der Waals surface area contributed by atoms with Gasteiger partial charge in [0.15, 0.2) is 11.0 Å². The van der Waals surface area contributed by atoms with Crippen LogP contribution in [0.2, 0.25) is 0 Å². The smallest absolute Gasteiger partial charge is 0.234 e. The van der Waals surface area contributed by atoms with Gasteiger partial charge in [-0.15, -0.1) is 10.2 Å². The quantitative estimate of drug-likeness (QED) is 0.346. The Labute approximate surface area is 208 Å². The number of methoxy groups -OCH3 is 2. The van der Waals surface area contributed by atoms with Gasteiger partial charge in [0.25, 0.3) is 0 Å². The Morgan fingerprint density at radius 3 is 2.54 bits per heavy atom. The van der Waals surface area contributed by atoms with Gasteiger partial charge in [-0.3, -0.25) is 9.48 Å². The number of carbonyl (C=O) groups excluding carboxylic acids is 1. The zero-order chi connectivity index (χ0) is 24.9. The maximum atomic E-state index is 12.7. The molecule has 35 heavy (non-hydrogen) atoms. The fraction of sp³-hybridized carbons (Fsp3) is 0.280. The van der Waals surface area contributed by atoms with Crippen LogP contribution in [0, 0.1) is 6.92 Å². The van der Waals surface area contributed by atoms with Crippen molar-refractivity contribution in [2.45, 2.75) is 25.5 Å². The monoisotopic (exact) mass is 492 g/mol. The van der Waals surface area contributed by atoms with Gasteiger partial charge in [-0.25, -0.2) is 0 Å². The normalized spacial score (nSPS) is 10.9. The number of rotatable bonds is 9. The van der Waals surface area contributed by atoms with Gasteiger partial charge < -0.3 is 19.4 Å². The minimum absolute atomic E-state index is 0.163. The van der Waals surface area contributed by atoms with E-state index in [9.17, 15) is 4.79 Å². The molecule has 1 N–H and O–H groups in total. The number of aromatic nitrogens is 5.